The molecule has 0 spiro atoms. The van der Waals surface area contributed by atoms with Gasteiger partial charge >= 0.3 is 28.6 Å². The molecule has 0 amide bonds. The summed E-state index contributed by atoms with van der Waals surface area (Å²) in [4.78, 5) is 6.69. The zero-order valence-corrected chi connectivity index (χ0v) is 19.7. The van der Waals surface area contributed by atoms with E-state index in [-0.39, 0.29) is 37.4 Å². The smallest absolute Gasteiger partial charge is 0.305 e. The molecule has 35 heavy (non-hydrogen) atoms. The Morgan fingerprint density at radius 3 is 1.77 bits per heavy atom. The zero-order valence-electron chi connectivity index (χ0n) is 16.5. The van der Waals surface area contributed by atoms with Gasteiger partial charge in [0.2, 0.25) is 0 Å². The minimum absolute atomic E-state index is 0. The minimum Gasteiger partial charge on any atom is -0.305 e. The Labute approximate surface area is 205 Å². The van der Waals surface area contributed by atoms with Crippen LogP contribution in [0.25, 0.3) is 11.3 Å². The second-order valence-corrected chi connectivity index (χ2v) is 7.63. The first-order valence-corrected chi connectivity index (χ1v) is 9.97. The molecule has 3 rings (SSSR count). The number of rotatable bonds is 2. The normalized spacial score (nSPS) is 12.3. The average Bonchev–Trinajstić information content (AvgIpc) is 2.72. The summed E-state index contributed by atoms with van der Waals surface area (Å²) in [5.74, 6) is 0. The largest absolute Gasteiger partial charge is 0.417 e. The molecule has 0 saturated heterocycles. The Kier molecular flexibility index (Phi) is 9.59. The zero-order chi connectivity index (χ0) is 25.9. The molecule has 16 heteroatoms. The van der Waals surface area contributed by atoms with Gasteiger partial charge in [0.1, 0.15) is 0 Å². The van der Waals surface area contributed by atoms with Gasteiger partial charge in [0.15, 0.2) is 5.03 Å². The van der Waals surface area contributed by atoms with Gasteiger partial charge in [-0.05, 0) is 35.0 Å². The van der Waals surface area contributed by atoms with Crippen molar-refractivity contribution in [3.63, 3.8) is 0 Å². The van der Waals surface area contributed by atoms with Gasteiger partial charge in [-0.3, -0.25) is 4.55 Å². The van der Waals surface area contributed by atoms with Gasteiger partial charge in [-0.1, -0.05) is 12.1 Å². The van der Waals surface area contributed by atoms with E-state index in [1.807, 2.05) is 6.07 Å². The van der Waals surface area contributed by atoms with Crippen LogP contribution in [0.4, 0.5) is 39.5 Å². The Bertz CT molecular complexity index is 1200. The Balaban J connectivity index is 0.000000362. The van der Waals surface area contributed by atoms with Gasteiger partial charge in [0.25, 0.3) is 0 Å². The van der Waals surface area contributed by atoms with Crippen molar-refractivity contribution in [2.24, 2.45) is 0 Å². The molecule has 3 aromatic rings. The summed E-state index contributed by atoms with van der Waals surface area (Å²) in [5, 5.41) is -0.814. The van der Waals surface area contributed by atoms with E-state index < -0.39 is 50.4 Å². The maximum absolute atomic E-state index is 12.7. The molecule has 2 aromatic heterocycles. The number of alkyl halides is 9. The van der Waals surface area contributed by atoms with Crippen LogP contribution in [0.5, 0.6) is 0 Å². The van der Waals surface area contributed by atoms with Crippen molar-refractivity contribution >= 4 is 10.1 Å². The third-order valence-electron chi connectivity index (χ3n) is 3.77. The Morgan fingerprint density at radius 1 is 0.771 bits per heavy atom. The van der Waals surface area contributed by atoms with E-state index in [1.165, 1.54) is 24.4 Å². The van der Waals surface area contributed by atoms with E-state index in [0.717, 1.165) is 0 Å². The van der Waals surface area contributed by atoms with Crippen LogP contribution in [-0.2, 0) is 48.8 Å². The monoisotopic (exact) mass is 710 g/mol. The predicted octanol–water partition coefficient (Wildman–Crippen LogP) is 5.93. The molecule has 1 N–H and O–H groups in total. The first-order valence-electron chi connectivity index (χ1n) is 8.53. The average molecular weight is 710 g/mol. The molecule has 0 atom stereocenters. The Hall–Kier alpha value is -2.55. The van der Waals surface area contributed by atoms with Crippen LogP contribution >= 0.6 is 0 Å². The van der Waals surface area contributed by atoms with Gasteiger partial charge in [0, 0.05) is 32.5 Å². The summed E-state index contributed by atoms with van der Waals surface area (Å²) in [6.07, 6.45) is -12.8. The van der Waals surface area contributed by atoms with Crippen molar-refractivity contribution in [3.05, 3.63) is 77.6 Å². The molecule has 0 bridgehead atoms. The maximum atomic E-state index is 12.7. The molecule has 0 unspecified atom stereocenters. The quantitative estimate of drug-likeness (QED) is 0.203. The van der Waals surface area contributed by atoms with Crippen LogP contribution in [0.15, 0.2) is 59.9 Å². The maximum Gasteiger partial charge on any atom is 0.417 e. The van der Waals surface area contributed by atoms with E-state index in [2.05, 4.69) is 9.97 Å². The van der Waals surface area contributed by atoms with Crippen molar-refractivity contribution < 1.29 is 72.6 Å². The fraction of sp³-hybridized carbons (Fsp3) is 0.158. The van der Waals surface area contributed by atoms with Gasteiger partial charge in [0.05, 0.1) is 5.56 Å². The number of pyridine rings is 2. The van der Waals surface area contributed by atoms with Crippen LogP contribution in [0, 0.1) is 6.07 Å². The van der Waals surface area contributed by atoms with Crippen LogP contribution in [-0.4, -0.2) is 22.9 Å². The number of hydrogen-bond acceptors (Lipinski definition) is 4. The summed E-state index contributed by atoms with van der Waals surface area (Å²) in [7, 11) is -4.54. The van der Waals surface area contributed by atoms with Gasteiger partial charge in [-0.15, -0.1) is 23.8 Å². The van der Waals surface area contributed by atoms with E-state index in [0.29, 0.717) is 24.4 Å². The van der Waals surface area contributed by atoms with Gasteiger partial charge in [-0.2, -0.15) is 47.9 Å². The number of benzene rings is 1. The van der Waals surface area contributed by atoms with E-state index in [4.69, 9.17) is 4.55 Å². The third kappa shape index (κ3) is 8.87. The second kappa shape index (κ2) is 11.0. The van der Waals surface area contributed by atoms with E-state index in [9.17, 15) is 47.9 Å². The fourth-order valence-corrected chi connectivity index (χ4v) is 2.67. The predicted molar refractivity (Wildman–Crippen MR) is 97.6 cm³/mol. The third-order valence-corrected chi connectivity index (χ3v) is 4.54. The summed E-state index contributed by atoms with van der Waals surface area (Å²) >= 11 is 0. The van der Waals surface area contributed by atoms with Crippen molar-refractivity contribution in [2.75, 3.05) is 0 Å². The van der Waals surface area contributed by atoms with Gasteiger partial charge in [-0.25, -0.2) is 4.98 Å². The summed E-state index contributed by atoms with van der Waals surface area (Å²) in [6, 6.07) is 7.94. The number of halogens is 9. The molecule has 0 aliphatic carbocycles. The molecule has 0 aliphatic rings. The molecule has 1 aromatic carbocycles. The summed E-state index contributed by atoms with van der Waals surface area (Å²) in [6.45, 7) is 0. The summed E-state index contributed by atoms with van der Waals surface area (Å²) in [5.41, 5.74) is -4.31. The molecule has 1 radical (unpaired) electrons. The standard InChI is InChI=1S/C13H6F6N.C6H4F3NO3S.Ir/c14-12(15,16)9-5-8(11-3-1-2-4-20-11)6-10(7-9)13(17,18)19;7-6(8,9)4-1-2-5(10-3-4)14(11,12)13;/h1-5,7H;1-3H,(H,11,12,13);/q-1;;. The first-order chi connectivity index (χ1) is 15.4. The van der Waals surface area contributed by atoms with E-state index in [1.54, 1.807) is 0 Å². The Morgan fingerprint density at radius 2 is 1.37 bits per heavy atom. The minimum atomic E-state index is -4.91. The molecule has 0 fully saturated rings. The SMILES string of the molecule is FC(F)(F)c1[c-]c(-c2ccccn2)cc(C(F)(F)F)c1.O=S(=O)(O)c1ccc(C(F)(F)F)cn1.[Ir]. The van der Waals surface area contributed by atoms with Crippen LogP contribution in [0.3, 0.4) is 0 Å². The number of nitrogens with zero attached hydrogens (tertiary/aromatic N) is 2. The van der Waals surface area contributed by atoms with Crippen LogP contribution in [0.2, 0.25) is 0 Å². The molecule has 0 saturated carbocycles. The topological polar surface area (TPSA) is 80.2 Å². The second-order valence-electron chi connectivity index (χ2n) is 6.26. The molecular weight excluding hydrogens is 699 g/mol. The van der Waals surface area contributed by atoms with Crippen LogP contribution < -0.4 is 0 Å². The molecular formula is C19H10F9IrN2O3S-. The van der Waals surface area contributed by atoms with Crippen molar-refractivity contribution in [1.82, 2.24) is 9.97 Å². The molecule has 2 heterocycles. The van der Waals surface area contributed by atoms with Crippen LogP contribution in [0.1, 0.15) is 16.7 Å². The van der Waals surface area contributed by atoms with E-state index >= 15 is 0 Å². The number of aromatic nitrogens is 2. The first kappa shape index (κ1) is 30.5. The number of hydrogen-bond donors (Lipinski definition) is 1. The molecule has 0 aliphatic heterocycles. The van der Waals surface area contributed by atoms with Gasteiger partial charge < -0.3 is 4.98 Å². The van der Waals surface area contributed by atoms with Crippen molar-refractivity contribution in [2.45, 2.75) is 23.6 Å². The van der Waals surface area contributed by atoms with Crippen molar-refractivity contribution in [1.29, 1.82) is 0 Å². The molecule has 5 nitrogen and oxygen atoms in total. The van der Waals surface area contributed by atoms with Crippen molar-refractivity contribution in [3.8, 4) is 11.3 Å². The molecule has 193 valence electrons. The summed E-state index contributed by atoms with van der Waals surface area (Å²) < 4.78 is 141. The fourth-order valence-electron chi connectivity index (χ4n) is 2.25.